The van der Waals surface area contributed by atoms with Gasteiger partial charge in [-0.15, -0.1) is 0 Å². The van der Waals surface area contributed by atoms with Crippen LogP contribution < -0.4 is 5.73 Å². The summed E-state index contributed by atoms with van der Waals surface area (Å²) in [6.07, 6.45) is 1.85. The minimum atomic E-state index is -0.283. The zero-order chi connectivity index (χ0) is 16.0. The van der Waals surface area contributed by atoms with Crippen molar-refractivity contribution >= 4 is 17.4 Å². The van der Waals surface area contributed by atoms with Gasteiger partial charge in [-0.2, -0.15) is 0 Å². The lowest BCUT2D eigenvalue weighted by molar-refractivity contribution is 0.244. The van der Waals surface area contributed by atoms with Crippen LogP contribution in [0.3, 0.4) is 0 Å². The average Bonchev–Trinajstić information content (AvgIpc) is 2.45. The first-order valence-corrected chi connectivity index (χ1v) is 7.59. The van der Waals surface area contributed by atoms with Crippen LogP contribution in [-0.2, 0) is 0 Å². The molecule has 4 nitrogen and oxygen atoms in total. The van der Waals surface area contributed by atoms with E-state index < -0.39 is 0 Å². The van der Waals surface area contributed by atoms with Crippen molar-refractivity contribution < 1.29 is 5.21 Å². The highest BCUT2D eigenvalue weighted by atomic mass is 35.5. The third-order valence-electron chi connectivity index (χ3n) is 4.11. The van der Waals surface area contributed by atoms with Crippen molar-refractivity contribution in [2.45, 2.75) is 39.7 Å². The van der Waals surface area contributed by atoms with Crippen molar-refractivity contribution in [2.24, 2.45) is 16.3 Å². The molecule has 21 heavy (non-hydrogen) atoms. The summed E-state index contributed by atoms with van der Waals surface area (Å²) in [6, 6.07) is 8.26. The molecule has 118 valence electrons. The maximum absolute atomic E-state index is 8.78. The third kappa shape index (κ3) is 5.21. The van der Waals surface area contributed by atoms with Gasteiger partial charge >= 0.3 is 0 Å². The fourth-order valence-electron chi connectivity index (χ4n) is 2.25. The van der Waals surface area contributed by atoms with E-state index in [9.17, 15) is 0 Å². The van der Waals surface area contributed by atoms with Gasteiger partial charge in [0.2, 0.25) is 0 Å². The highest BCUT2D eigenvalue weighted by molar-refractivity contribution is 6.30. The second-order valence-corrected chi connectivity index (χ2v) is 6.62. The second kappa shape index (κ2) is 7.66. The largest absolute Gasteiger partial charge is 0.409 e. The third-order valence-corrected chi connectivity index (χ3v) is 4.34. The maximum Gasteiger partial charge on any atom is 0.144 e. The molecule has 0 amide bonds. The number of nitrogens with two attached hydrogens (primary N) is 1. The summed E-state index contributed by atoms with van der Waals surface area (Å²) in [4.78, 5) is 2.29. The summed E-state index contributed by atoms with van der Waals surface area (Å²) in [5, 5.41) is 12.7. The van der Waals surface area contributed by atoms with Gasteiger partial charge in [-0.3, -0.25) is 4.90 Å². The Morgan fingerprint density at radius 1 is 1.48 bits per heavy atom. The number of nitrogens with zero attached hydrogens (tertiary/aromatic N) is 2. The normalized spacial score (nSPS) is 14.5. The van der Waals surface area contributed by atoms with E-state index in [0.29, 0.717) is 6.04 Å². The quantitative estimate of drug-likeness (QED) is 0.347. The molecule has 1 aromatic rings. The molecular formula is C16H26ClN3O. The van der Waals surface area contributed by atoms with Crippen molar-refractivity contribution in [2.75, 3.05) is 13.6 Å². The van der Waals surface area contributed by atoms with Gasteiger partial charge in [0.15, 0.2) is 0 Å². The molecule has 1 unspecified atom stereocenters. The first-order valence-electron chi connectivity index (χ1n) is 7.21. The summed E-state index contributed by atoms with van der Waals surface area (Å²) in [5.74, 6) is 0.285. The van der Waals surface area contributed by atoms with Gasteiger partial charge < -0.3 is 10.9 Å². The first-order chi connectivity index (χ1) is 9.77. The highest BCUT2D eigenvalue weighted by Crippen LogP contribution is 2.25. The van der Waals surface area contributed by atoms with Gasteiger partial charge in [-0.1, -0.05) is 42.7 Å². The van der Waals surface area contributed by atoms with Gasteiger partial charge in [0.25, 0.3) is 0 Å². The minimum absolute atomic E-state index is 0.283. The van der Waals surface area contributed by atoms with Gasteiger partial charge in [-0.05, 0) is 51.1 Å². The van der Waals surface area contributed by atoms with Crippen molar-refractivity contribution in [3.05, 3.63) is 34.9 Å². The Morgan fingerprint density at radius 3 is 2.71 bits per heavy atom. The fourth-order valence-corrected chi connectivity index (χ4v) is 2.45. The van der Waals surface area contributed by atoms with E-state index >= 15 is 0 Å². The summed E-state index contributed by atoms with van der Waals surface area (Å²) in [7, 11) is 2.10. The lowest BCUT2D eigenvalue weighted by Crippen LogP contribution is -2.33. The van der Waals surface area contributed by atoms with Crippen LogP contribution in [0, 0.1) is 5.41 Å². The first kappa shape index (κ1) is 17.8. The monoisotopic (exact) mass is 311 g/mol. The molecule has 0 spiro atoms. The molecule has 0 saturated heterocycles. The van der Waals surface area contributed by atoms with Crippen LogP contribution in [0.2, 0.25) is 5.02 Å². The SMILES string of the molecule is CC(c1cccc(Cl)c1)N(C)CCCC(C)(C)C(N)=NO. The Hall–Kier alpha value is -1.26. The lowest BCUT2D eigenvalue weighted by Gasteiger charge is -2.28. The van der Waals surface area contributed by atoms with Crippen molar-refractivity contribution in [3.8, 4) is 0 Å². The van der Waals surface area contributed by atoms with E-state index in [1.165, 1.54) is 5.56 Å². The molecule has 1 rings (SSSR count). The number of hydrogen-bond donors (Lipinski definition) is 2. The molecule has 0 fully saturated rings. The van der Waals surface area contributed by atoms with Crippen LogP contribution in [0.4, 0.5) is 0 Å². The van der Waals surface area contributed by atoms with Crippen molar-refractivity contribution in [3.63, 3.8) is 0 Å². The molecule has 1 atom stereocenters. The van der Waals surface area contributed by atoms with E-state index in [2.05, 4.69) is 30.1 Å². The molecule has 3 N–H and O–H groups in total. The van der Waals surface area contributed by atoms with Gasteiger partial charge in [0.1, 0.15) is 5.84 Å². The number of halogens is 1. The molecule has 0 saturated carbocycles. The van der Waals surface area contributed by atoms with Crippen LogP contribution in [0.25, 0.3) is 0 Å². The smallest absolute Gasteiger partial charge is 0.144 e. The van der Waals surface area contributed by atoms with Crippen LogP contribution in [0.15, 0.2) is 29.4 Å². The molecule has 0 radical (unpaired) electrons. The van der Waals surface area contributed by atoms with Crippen molar-refractivity contribution in [1.82, 2.24) is 4.90 Å². The van der Waals surface area contributed by atoms with Gasteiger partial charge in [0.05, 0.1) is 0 Å². The second-order valence-electron chi connectivity index (χ2n) is 6.18. The Labute approximate surface area is 132 Å². The van der Waals surface area contributed by atoms with Crippen LogP contribution in [0.5, 0.6) is 0 Å². The summed E-state index contributed by atoms with van der Waals surface area (Å²) in [6.45, 7) is 7.08. The Balaban J connectivity index is 2.52. The van der Waals surface area contributed by atoms with Gasteiger partial charge in [0, 0.05) is 16.5 Å². The van der Waals surface area contributed by atoms with Crippen molar-refractivity contribution in [1.29, 1.82) is 0 Å². The highest BCUT2D eigenvalue weighted by Gasteiger charge is 2.23. The van der Waals surface area contributed by atoms with E-state index in [4.69, 9.17) is 22.5 Å². The predicted molar refractivity (Wildman–Crippen MR) is 88.9 cm³/mol. The standard InChI is InChI=1S/C16H26ClN3O/c1-12(13-7-5-8-14(17)11-13)20(4)10-6-9-16(2,3)15(18)19-21/h5,7-8,11-12,21H,6,9-10H2,1-4H3,(H2,18,19). The molecule has 0 aromatic heterocycles. The zero-order valence-electron chi connectivity index (χ0n) is 13.3. The molecule has 0 heterocycles. The van der Waals surface area contributed by atoms with Crippen LogP contribution in [0.1, 0.15) is 45.2 Å². The topological polar surface area (TPSA) is 61.8 Å². The molecule has 1 aromatic carbocycles. The van der Waals surface area contributed by atoms with E-state index in [1.54, 1.807) is 0 Å². The number of oxime groups is 1. The van der Waals surface area contributed by atoms with Crippen LogP contribution >= 0.6 is 11.6 Å². The molecule has 0 aliphatic heterocycles. The number of benzene rings is 1. The summed E-state index contributed by atoms with van der Waals surface area (Å²) in [5.41, 5.74) is 6.63. The minimum Gasteiger partial charge on any atom is -0.409 e. The predicted octanol–water partition coefficient (Wildman–Crippen LogP) is 3.89. The number of amidine groups is 1. The molecule has 0 aliphatic rings. The lowest BCUT2D eigenvalue weighted by atomic mass is 9.86. The van der Waals surface area contributed by atoms with E-state index in [0.717, 1.165) is 24.4 Å². The maximum atomic E-state index is 8.78. The Bertz CT molecular complexity index is 488. The summed E-state index contributed by atoms with van der Waals surface area (Å²) >= 11 is 6.04. The molecule has 0 aliphatic carbocycles. The number of rotatable bonds is 7. The average molecular weight is 312 g/mol. The molecule has 5 heteroatoms. The van der Waals surface area contributed by atoms with E-state index in [-0.39, 0.29) is 11.3 Å². The Kier molecular flexibility index (Phi) is 6.49. The summed E-state index contributed by atoms with van der Waals surface area (Å²) < 4.78 is 0. The molecule has 0 bridgehead atoms. The fraction of sp³-hybridized carbons (Fsp3) is 0.562. The van der Waals surface area contributed by atoms with E-state index in [1.807, 2.05) is 32.0 Å². The molecular weight excluding hydrogens is 286 g/mol. The number of hydrogen-bond acceptors (Lipinski definition) is 3. The van der Waals surface area contributed by atoms with Gasteiger partial charge in [-0.25, -0.2) is 0 Å². The van der Waals surface area contributed by atoms with Crippen LogP contribution in [-0.4, -0.2) is 29.5 Å². The Morgan fingerprint density at radius 2 is 2.14 bits per heavy atom. The zero-order valence-corrected chi connectivity index (χ0v) is 14.1.